The van der Waals surface area contributed by atoms with Gasteiger partial charge in [0.25, 0.3) is 11.8 Å². The summed E-state index contributed by atoms with van der Waals surface area (Å²) < 4.78 is 5.23. The molecule has 1 N–H and O–H groups in total. The van der Waals surface area contributed by atoms with Crippen LogP contribution in [0.2, 0.25) is 0 Å². The Labute approximate surface area is 202 Å². The van der Waals surface area contributed by atoms with E-state index in [4.69, 9.17) is 4.74 Å². The average Bonchev–Trinajstić information content (AvgIpc) is 2.87. The number of carbonyl (C=O) groups is 3. The van der Waals surface area contributed by atoms with Gasteiger partial charge < -0.3 is 19.9 Å². The fraction of sp³-hybridized carbons (Fsp3) is 0.444. The van der Waals surface area contributed by atoms with Gasteiger partial charge in [0.1, 0.15) is 11.8 Å². The first-order chi connectivity index (χ1) is 16.4. The molecule has 0 aromatic heterocycles. The van der Waals surface area contributed by atoms with Crippen molar-refractivity contribution in [3.05, 3.63) is 65.2 Å². The van der Waals surface area contributed by atoms with Crippen molar-refractivity contribution in [2.75, 3.05) is 33.3 Å². The first-order valence-electron chi connectivity index (χ1n) is 12.0. The highest BCUT2D eigenvalue weighted by atomic mass is 16.5. The maximum Gasteiger partial charge on any atom is 0.254 e. The van der Waals surface area contributed by atoms with Gasteiger partial charge in [-0.2, -0.15) is 0 Å². The summed E-state index contributed by atoms with van der Waals surface area (Å²) in [4.78, 5) is 43.1. The van der Waals surface area contributed by atoms with Gasteiger partial charge in [0.15, 0.2) is 0 Å². The van der Waals surface area contributed by atoms with Crippen molar-refractivity contribution in [3.63, 3.8) is 0 Å². The van der Waals surface area contributed by atoms with E-state index in [-0.39, 0.29) is 23.6 Å². The number of piperidine rings is 1. The number of nitrogens with one attached hydrogen (secondary N) is 1. The largest absolute Gasteiger partial charge is 0.497 e. The van der Waals surface area contributed by atoms with E-state index in [9.17, 15) is 14.4 Å². The molecule has 1 aliphatic heterocycles. The summed E-state index contributed by atoms with van der Waals surface area (Å²) in [7, 11) is 1.55. The highest BCUT2D eigenvalue weighted by Gasteiger charge is 2.36. The molecule has 3 amide bonds. The van der Waals surface area contributed by atoms with E-state index in [2.05, 4.69) is 5.32 Å². The second-order valence-electron chi connectivity index (χ2n) is 8.64. The van der Waals surface area contributed by atoms with Crippen LogP contribution < -0.4 is 10.1 Å². The summed E-state index contributed by atoms with van der Waals surface area (Å²) in [5.74, 6) is 0.169. The van der Waals surface area contributed by atoms with E-state index in [0.717, 1.165) is 5.56 Å². The Morgan fingerprint density at radius 1 is 1.06 bits per heavy atom. The molecular formula is C27H35N3O4. The van der Waals surface area contributed by atoms with Gasteiger partial charge in [0.2, 0.25) is 5.91 Å². The Bertz CT molecular complexity index is 1010. The van der Waals surface area contributed by atoms with Crippen LogP contribution >= 0.6 is 0 Å². The van der Waals surface area contributed by atoms with Gasteiger partial charge in [0.05, 0.1) is 7.11 Å². The van der Waals surface area contributed by atoms with Gasteiger partial charge >= 0.3 is 0 Å². The third-order valence-corrected chi connectivity index (χ3v) is 6.63. The van der Waals surface area contributed by atoms with E-state index in [1.54, 1.807) is 36.3 Å². The lowest BCUT2D eigenvalue weighted by Crippen LogP contribution is -2.54. The molecule has 0 radical (unpaired) electrons. The van der Waals surface area contributed by atoms with Crippen LogP contribution in [-0.2, 0) is 4.79 Å². The van der Waals surface area contributed by atoms with Crippen molar-refractivity contribution in [1.82, 2.24) is 15.1 Å². The molecule has 2 aromatic rings. The summed E-state index contributed by atoms with van der Waals surface area (Å²) in [5, 5.41) is 3.00. The van der Waals surface area contributed by atoms with Crippen molar-refractivity contribution < 1.29 is 19.1 Å². The number of benzene rings is 2. The number of amides is 3. The number of methoxy groups -OCH3 is 1. The minimum absolute atomic E-state index is 0.0172. The molecular weight excluding hydrogens is 430 g/mol. The van der Waals surface area contributed by atoms with E-state index < -0.39 is 6.04 Å². The van der Waals surface area contributed by atoms with Crippen LogP contribution in [0, 0.1) is 12.8 Å². The lowest BCUT2D eigenvalue weighted by molar-refractivity contribution is -0.134. The lowest BCUT2D eigenvalue weighted by Gasteiger charge is -2.37. The Kier molecular flexibility index (Phi) is 8.68. The Morgan fingerprint density at radius 2 is 1.74 bits per heavy atom. The normalized spacial score (nSPS) is 14.9. The van der Waals surface area contributed by atoms with Gasteiger partial charge in [-0.25, -0.2) is 0 Å². The molecule has 7 heteroatoms. The summed E-state index contributed by atoms with van der Waals surface area (Å²) in [6, 6.07) is 13.8. The molecule has 0 saturated carbocycles. The zero-order chi connectivity index (χ0) is 24.7. The fourth-order valence-electron chi connectivity index (χ4n) is 4.52. The zero-order valence-corrected chi connectivity index (χ0v) is 20.5. The van der Waals surface area contributed by atoms with E-state index in [1.807, 2.05) is 49.9 Å². The number of rotatable bonds is 8. The second kappa shape index (κ2) is 11.7. The lowest BCUT2D eigenvalue weighted by atomic mass is 9.87. The number of hydrogen-bond acceptors (Lipinski definition) is 4. The molecule has 1 heterocycles. The second-order valence-corrected chi connectivity index (χ2v) is 8.64. The number of hydrogen-bond donors (Lipinski definition) is 1. The summed E-state index contributed by atoms with van der Waals surface area (Å²) >= 11 is 0. The standard InChI is InChI=1S/C27H35N3O4/c1-5-29(6-2)27(33)24(28-25(31)21-11-9-12-22(18-21)34-4)20-14-16-30(17-15-20)26(32)23-13-8-7-10-19(23)3/h7-13,18,20,24H,5-6,14-17H2,1-4H3,(H,28,31)/t24-/m0/s1. The minimum atomic E-state index is -0.644. The SMILES string of the molecule is CCN(CC)C(=O)[C@@H](NC(=O)c1cccc(OC)c1)C1CCN(C(=O)c2ccccc2C)CC1. The smallest absolute Gasteiger partial charge is 0.254 e. The van der Waals surface area contributed by atoms with Crippen LogP contribution in [0.4, 0.5) is 0 Å². The molecule has 2 aromatic carbocycles. The average molecular weight is 466 g/mol. The van der Waals surface area contributed by atoms with Gasteiger partial charge in [0, 0.05) is 37.3 Å². The molecule has 0 unspecified atom stereocenters. The number of aryl methyl sites for hydroxylation is 1. The molecule has 34 heavy (non-hydrogen) atoms. The van der Waals surface area contributed by atoms with Gasteiger partial charge in [-0.05, 0) is 69.4 Å². The van der Waals surface area contributed by atoms with Crippen LogP contribution in [0.1, 0.15) is 53.0 Å². The molecule has 1 atom stereocenters. The summed E-state index contributed by atoms with van der Waals surface area (Å²) in [6.45, 7) is 8.06. The first-order valence-corrected chi connectivity index (χ1v) is 12.0. The van der Waals surface area contributed by atoms with E-state index in [0.29, 0.717) is 55.9 Å². The Morgan fingerprint density at radius 3 is 2.35 bits per heavy atom. The molecule has 0 bridgehead atoms. The number of likely N-dealkylation sites (N-methyl/N-ethyl adjacent to an activating group) is 1. The molecule has 7 nitrogen and oxygen atoms in total. The first kappa shape index (κ1) is 25.3. The monoisotopic (exact) mass is 465 g/mol. The zero-order valence-electron chi connectivity index (χ0n) is 20.5. The molecule has 1 aliphatic rings. The fourth-order valence-corrected chi connectivity index (χ4v) is 4.52. The van der Waals surface area contributed by atoms with Crippen molar-refractivity contribution in [3.8, 4) is 5.75 Å². The van der Waals surface area contributed by atoms with Crippen molar-refractivity contribution in [1.29, 1.82) is 0 Å². The van der Waals surface area contributed by atoms with Crippen molar-refractivity contribution >= 4 is 17.7 Å². The molecule has 1 fully saturated rings. The van der Waals surface area contributed by atoms with Crippen LogP contribution in [0.25, 0.3) is 0 Å². The summed E-state index contributed by atoms with van der Waals surface area (Å²) in [5.41, 5.74) is 2.11. The van der Waals surface area contributed by atoms with Crippen LogP contribution in [0.5, 0.6) is 5.75 Å². The van der Waals surface area contributed by atoms with Crippen molar-refractivity contribution in [2.45, 2.75) is 39.7 Å². The molecule has 182 valence electrons. The molecule has 0 aliphatic carbocycles. The van der Waals surface area contributed by atoms with Gasteiger partial charge in [-0.1, -0.05) is 24.3 Å². The Hall–Kier alpha value is -3.35. The predicted octanol–water partition coefficient (Wildman–Crippen LogP) is 3.52. The maximum atomic E-state index is 13.4. The van der Waals surface area contributed by atoms with Crippen LogP contribution in [0.3, 0.4) is 0 Å². The molecule has 1 saturated heterocycles. The van der Waals surface area contributed by atoms with E-state index in [1.165, 1.54) is 0 Å². The third-order valence-electron chi connectivity index (χ3n) is 6.63. The van der Waals surface area contributed by atoms with Gasteiger partial charge in [-0.3, -0.25) is 14.4 Å². The van der Waals surface area contributed by atoms with Crippen LogP contribution in [-0.4, -0.2) is 66.9 Å². The topological polar surface area (TPSA) is 79.0 Å². The molecule has 3 rings (SSSR count). The summed E-state index contributed by atoms with van der Waals surface area (Å²) in [6.07, 6.45) is 1.29. The number of ether oxygens (including phenoxy) is 1. The number of likely N-dealkylation sites (tertiary alicyclic amines) is 1. The maximum absolute atomic E-state index is 13.4. The highest BCUT2D eigenvalue weighted by Crippen LogP contribution is 2.25. The Balaban J connectivity index is 1.75. The van der Waals surface area contributed by atoms with Crippen LogP contribution in [0.15, 0.2) is 48.5 Å². The number of carbonyl (C=O) groups excluding carboxylic acids is 3. The van der Waals surface area contributed by atoms with Crippen molar-refractivity contribution in [2.24, 2.45) is 5.92 Å². The number of nitrogens with zero attached hydrogens (tertiary/aromatic N) is 2. The highest BCUT2D eigenvalue weighted by molar-refractivity contribution is 5.98. The quantitative estimate of drug-likeness (QED) is 0.647. The predicted molar refractivity (Wildman–Crippen MR) is 132 cm³/mol. The molecule has 0 spiro atoms. The van der Waals surface area contributed by atoms with E-state index >= 15 is 0 Å². The third kappa shape index (κ3) is 5.76. The minimum Gasteiger partial charge on any atom is -0.497 e. The van der Waals surface area contributed by atoms with Gasteiger partial charge in [-0.15, -0.1) is 0 Å².